The van der Waals surface area contributed by atoms with Gasteiger partial charge in [-0.1, -0.05) is 36.4 Å². The highest BCUT2D eigenvalue weighted by Crippen LogP contribution is 2.18. The van der Waals surface area contributed by atoms with Gasteiger partial charge < -0.3 is 10.1 Å². The number of nitrogens with one attached hydrogen (secondary N) is 1. The quantitative estimate of drug-likeness (QED) is 0.617. The van der Waals surface area contributed by atoms with Crippen molar-refractivity contribution in [3.05, 3.63) is 88.5 Å². The summed E-state index contributed by atoms with van der Waals surface area (Å²) in [6.45, 7) is 5.00. The largest absolute Gasteiger partial charge is 0.494 e. The molecular formula is C23H24FN3O2. The summed E-state index contributed by atoms with van der Waals surface area (Å²) in [6.07, 6.45) is 2.96. The number of rotatable bonds is 7. The van der Waals surface area contributed by atoms with E-state index in [9.17, 15) is 9.18 Å². The van der Waals surface area contributed by atoms with E-state index in [1.807, 2.05) is 36.7 Å². The summed E-state index contributed by atoms with van der Waals surface area (Å²) >= 11 is 0. The lowest BCUT2D eigenvalue weighted by Crippen LogP contribution is -2.21. The van der Waals surface area contributed by atoms with Gasteiger partial charge in [-0.25, -0.2) is 4.39 Å². The Labute approximate surface area is 169 Å². The van der Waals surface area contributed by atoms with Gasteiger partial charge in [0.25, 0.3) is 0 Å². The summed E-state index contributed by atoms with van der Waals surface area (Å²) in [5, 5.41) is 7.46. The van der Waals surface area contributed by atoms with Crippen molar-refractivity contribution in [1.29, 1.82) is 0 Å². The maximum atomic E-state index is 13.7. The average Bonchev–Trinajstić information content (AvgIpc) is 2.98. The van der Waals surface area contributed by atoms with Gasteiger partial charge in [0.05, 0.1) is 19.3 Å². The molecule has 1 N–H and O–H groups in total. The minimum atomic E-state index is -0.466. The van der Waals surface area contributed by atoms with E-state index in [1.165, 1.54) is 30.9 Å². The van der Waals surface area contributed by atoms with E-state index in [0.717, 1.165) is 17.0 Å². The Balaban J connectivity index is 1.62. The number of amides is 1. The average molecular weight is 393 g/mol. The third kappa shape index (κ3) is 5.10. The molecule has 0 aliphatic heterocycles. The van der Waals surface area contributed by atoms with E-state index in [-0.39, 0.29) is 11.7 Å². The second-order valence-corrected chi connectivity index (χ2v) is 6.74. The first kappa shape index (κ1) is 20.3. The molecule has 0 bridgehead atoms. The molecule has 0 fully saturated rings. The number of carbonyl (C=O) groups is 1. The lowest BCUT2D eigenvalue weighted by Gasteiger charge is -2.06. The van der Waals surface area contributed by atoms with Crippen LogP contribution < -0.4 is 10.1 Å². The number of aromatic nitrogens is 2. The van der Waals surface area contributed by atoms with Crippen LogP contribution in [0.15, 0.2) is 54.6 Å². The second kappa shape index (κ2) is 9.19. The summed E-state index contributed by atoms with van der Waals surface area (Å²) in [7, 11) is 1.41. The van der Waals surface area contributed by atoms with Gasteiger partial charge >= 0.3 is 0 Å². The molecule has 5 nitrogen and oxygen atoms in total. The van der Waals surface area contributed by atoms with Crippen molar-refractivity contribution in [1.82, 2.24) is 15.1 Å². The van der Waals surface area contributed by atoms with E-state index in [2.05, 4.69) is 22.5 Å². The lowest BCUT2D eigenvalue weighted by molar-refractivity contribution is -0.116. The van der Waals surface area contributed by atoms with Gasteiger partial charge in [0.2, 0.25) is 5.91 Å². The highest BCUT2D eigenvalue weighted by Gasteiger charge is 2.12. The van der Waals surface area contributed by atoms with Gasteiger partial charge in [0, 0.05) is 23.9 Å². The van der Waals surface area contributed by atoms with Crippen LogP contribution in [-0.4, -0.2) is 22.8 Å². The minimum Gasteiger partial charge on any atom is -0.494 e. The Bertz CT molecular complexity index is 1030. The number of ether oxygens (including phenoxy) is 1. The van der Waals surface area contributed by atoms with Crippen molar-refractivity contribution < 1.29 is 13.9 Å². The molecule has 0 radical (unpaired) electrons. The molecule has 29 heavy (non-hydrogen) atoms. The Morgan fingerprint density at radius 2 is 1.97 bits per heavy atom. The molecule has 2 aromatic carbocycles. The van der Waals surface area contributed by atoms with Gasteiger partial charge in [-0.15, -0.1) is 0 Å². The third-order valence-electron chi connectivity index (χ3n) is 4.75. The monoisotopic (exact) mass is 393 g/mol. The summed E-state index contributed by atoms with van der Waals surface area (Å²) in [5.74, 6) is -0.548. The van der Waals surface area contributed by atoms with Crippen LogP contribution in [0.25, 0.3) is 6.08 Å². The summed E-state index contributed by atoms with van der Waals surface area (Å²) in [4.78, 5) is 12.2. The number of benzene rings is 2. The topological polar surface area (TPSA) is 56.1 Å². The SMILES string of the molecule is COc1ccc(/C=C/C(=O)NCc2c(C)nn(Cc3ccccc3)c2C)cc1F. The predicted octanol–water partition coefficient (Wildman–Crippen LogP) is 4.03. The number of methoxy groups -OCH3 is 1. The van der Waals surface area contributed by atoms with E-state index >= 15 is 0 Å². The van der Waals surface area contributed by atoms with Crippen LogP contribution in [0.4, 0.5) is 4.39 Å². The van der Waals surface area contributed by atoms with Crippen molar-refractivity contribution in [2.75, 3.05) is 7.11 Å². The standard InChI is InChI=1S/C23H24FN3O2/c1-16-20(17(2)27(26-16)15-19-7-5-4-6-8-19)14-25-23(28)12-10-18-9-11-22(29-3)21(24)13-18/h4-13H,14-15H2,1-3H3,(H,25,28)/b12-10+. The molecule has 0 aliphatic carbocycles. The van der Waals surface area contributed by atoms with Gasteiger partial charge in [-0.2, -0.15) is 5.10 Å². The molecule has 0 atom stereocenters. The molecule has 0 unspecified atom stereocenters. The maximum Gasteiger partial charge on any atom is 0.244 e. The molecule has 6 heteroatoms. The minimum absolute atomic E-state index is 0.171. The van der Waals surface area contributed by atoms with Crippen molar-refractivity contribution in [3.63, 3.8) is 0 Å². The zero-order valence-corrected chi connectivity index (χ0v) is 16.8. The molecule has 0 saturated heterocycles. The fraction of sp³-hybridized carbons (Fsp3) is 0.217. The van der Waals surface area contributed by atoms with Gasteiger partial charge in [0.1, 0.15) is 0 Å². The summed E-state index contributed by atoms with van der Waals surface area (Å²) in [5.41, 5.74) is 4.66. The highest BCUT2D eigenvalue weighted by atomic mass is 19.1. The zero-order valence-electron chi connectivity index (χ0n) is 16.8. The summed E-state index contributed by atoms with van der Waals surface area (Å²) < 4.78 is 20.6. The number of hydrogen-bond acceptors (Lipinski definition) is 3. The summed E-state index contributed by atoms with van der Waals surface area (Å²) in [6, 6.07) is 14.7. The smallest absolute Gasteiger partial charge is 0.244 e. The van der Waals surface area contributed by atoms with E-state index in [0.29, 0.717) is 18.7 Å². The number of nitrogens with zero attached hydrogens (tertiary/aromatic N) is 2. The number of halogens is 1. The number of carbonyl (C=O) groups excluding carboxylic acids is 1. The third-order valence-corrected chi connectivity index (χ3v) is 4.75. The van der Waals surface area contributed by atoms with E-state index in [4.69, 9.17) is 4.74 Å². The molecule has 3 rings (SSSR count). The highest BCUT2D eigenvalue weighted by molar-refractivity contribution is 5.91. The lowest BCUT2D eigenvalue weighted by atomic mass is 10.1. The number of aryl methyl sites for hydroxylation is 1. The Morgan fingerprint density at radius 1 is 1.21 bits per heavy atom. The molecule has 150 valence electrons. The van der Waals surface area contributed by atoms with Crippen molar-refractivity contribution in [3.8, 4) is 5.75 Å². The van der Waals surface area contributed by atoms with Crippen molar-refractivity contribution >= 4 is 12.0 Å². The predicted molar refractivity (Wildman–Crippen MR) is 111 cm³/mol. The molecule has 0 saturated carbocycles. The van der Waals surface area contributed by atoms with Crippen LogP contribution in [0.1, 0.15) is 28.1 Å². The number of hydrogen-bond donors (Lipinski definition) is 1. The molecule has 1 amide bonds. The zero-order chi connectivity index (χ0) is 20.8. The first-order chi connectivity index (χ1) is 14.0. The van der Waals surface area contributed by atoms with E-state index in [1.54, 1.807) is 12.1 Å². The van der Waals surface area contributed by atoms with Gasteiger partial charge in [-0.3, -0.25) is 9.48 Å². The normalized spacial score (nSPS) is 11.0. The van der Waals surface area contributed by atoms with Crippen molar-refractivity contribution in [2.24, 2.45) is 0 Å². The van der Waals surface area contributed by atoms with Crippen LogP contribution in [0.5, 0.6) is 5.75 Å². The van der Waals surface area contributed by atoms with Gasteiger partial charge in [-0.05, 0) is 43.2 Å². The molecule has 1 heterocycles. The fourth-order valence-corrected chi connectivity index (χ4v) is 3.09. The van der Waals surface area contributed by atoms with Crippen LogP contribution in [0.3, 0.4) is 0 Å². The van der Waals surface area contributed by atoms with Crippen molar-refractivity contribution in [2.45, 2.75) is 26.9 Å². The Kier molecular flexibility index (Phi) is 6.44. The first-order valence-corrected chi connectivity index (χ1v) is 9.34. The fourth-order valence-electron chi connectivity index (χ4n) is 3.09. The van der Waals surface area contributed by atoms with Crippen LogP contribution in [0.2, 0.25) is 0 Å². The Morgan fingerprint density at radius 3 is 2.66 bits per heavy atom. The molecular weight excluding hydrogens is 369 g/mol. The van der Waals surface area contributed by atoms with Crippen LogP contribution >= 0.6 is 0 Å². The van der Waals surface area contributed by atoms with Crippen LogP contribution in [0, 0.1) is 19.7 Å². The van der Waals surface area contributed by atoms with E-state index < -0.39 is 5.82 Å². The first-order valence-electron chi connectivity index (χ1n) is 9.34. The molecule has 1 aromatic heterocycles. The molecule has 0 aliphatic rings. The Hall–Kier alpha value is -3.41. The van der Waals surface area contributed by atoms with Gasteiger partial charge in [0.15, 0.2) is 11.6 Å². The second-order valence-electron chi connectivity index (χ2n) is 6.74. The molecule has 0 spiro atoms. The van der Waals surface area contributed by atoms with Crippen LogP contribution in [-0.2, 0) is 17.9 Å². The molecule has 3 aromatic rings. The maximum absolute atomic E-state index is 13.7.